The van der Waals surface area contributed by atoms with Gasteiger partial charge < -0.3 is 10.5 Å². The zero-order chi connectivity index (χ0) is 23.9. The van der Waals surface area contributed by atoms with Crippen LogP contribution < -0.4 is 11.3 Å². The Morgan fingerprint density at radius 1 is 1.15 bits per heavy atom. The molecule has 2 heterocycles. The second kappa shape index (κ2) is 8.74. The molecule has 0 radical (unpaired) electrons. The average Bonchev–Trinajstić information content (AvgIpc) is 3.21. The number of hydrogen-bond acceptors (Lipinski definition) is 6. The van der Waals surface area contributed by atoms with Gasteiger partial charge in [-0.25, -0.2) is 13.2 Å². The Labute approximate surface area is 192 Å². The molecule has 4 rings (SSSR count). The van der Waals surface area contributed by atoms with Crippen molar-refractivity contribution in [3.8, 4) is 0 Å². The Bertz CT molecular complexity index is 1410. The molecule has 0 spiro atoms. The smallest absolute Gasteiger partial charge is 0.340 e. The normalized spacial score (nSPS) is 16.9. The summed E-state index contributed by atoms with van der Waals surface area (Å²) in [6.45, 7) is 5.82. The van der Waals surface area contributed by atoms with Gasteiger partial charge in [-0.05, 0) is 56.5 Å². The van der Waals surface area contributed by atoms with Crippen molar-refractivity contribution in [3.05, 3.63) is 75.2 Å². The van der Waals surface area contributed by atoms with Crippen LogP contribution in [0.25, 0.3) is 10.8 Å². The molecular formula is C24H27N3O5S. The fourth-order valence-corrected chi connectivity index (χ4v) is 6.09. The summed E-state index contributed by atoms with van der Waals surface area (Å²) in [6, 6.07) is 9.87. The highest BCUT2D eigenvalue weighted by Crippen LogP contribution is 2.28. The molecule has 1 atom stereocenters. The van der Waals surface area contributed by atoms with Gasteiger partial charge in [-0.2, -0.15) is 4.31 Å². The van der Waals surface area contributed by atoms with Crippen LogP contribution in [0.2, 0.25) is 0 Å². The van der Waals surface area contributed by atoms with Gasteiger partial charge in [0.05, 0.1) is 10.5 Å². The van der Waals surface area contributed by atoms with E-state index in [0.717, 1.165) is 11.1 Å². The highest BCUT2D eigenvalue weighted by atomic mass is 32.2. The Balaban J connectivity index is 1.68. The molecule has 0 aliphatic carbocycles. The molecule has 33 heavy (non-hydrogen) atoms. The number of aromatic nitrogens is 1. The molecule has 1 fully saturated rings. The molecule has 1 aromatic heterocycles. The number of carbonyl (C=O) groups is 1. The molecule has 3 aromatic rings. The van der Waals surface area contributed by atoms with Crippen molar-refractivity contribution in [2.45, 2.75) is 44.9 Å². The molecule has 1 aliphatic heterocycles. The van der Waals surface area contributed by atoms with E-state index < -0.39 is 21.6 Å². The summed E-state index contributed by atoms with van der Waals surface area (Å²) in [7, 11) is -3.80. The predicted molar refractivity (Wildman–Crippen MR) is 126 cm³/mol. The molecule has 8 nitrogen and oxygen atoms in total. The number of aryl methyl sites for hydroxylation is 3. The SMILES string of the molecule is Cc1ccc(C(=O)OCn2cc(C)c3c(S(=O)(=O)N4CC[C@@H](N)C4)cccc3c2=O)c(C)c1. The maximum Gasteiger partial charge on any atom is 0.340 e. The highest BCUT2D eigenvalue weighted by molar-refractivity contribution is 7.89. The first-order valence-electron chi connectivity index (χ1n) is 10.7. The lowest BCUT2D eigenvalue weighted by Crippen LogP contribution is -2.32. The predicted octanol–water partition coefficient (Wildman–Crippen LogP) is 2.46. The average molecular weight is 470 g/mol. The molecular weight excluding hydrogens is 442 g/mol. The second-order valence-corrected chi connectivity index (χ2v) is 10.5. The Hall–Kier alpha value is -3.01. The highest BCUT2D eigenvalue weighted by Gasteiger charge is 2.32. The number of rotatable bonds is 5. The van der Waals surface area contributed by atoms with E-state index in [4.69, 9.17) is 10.5 Å². The zero-order valence-electron chi connectivity index (χ0n) is 18.9. The fraction of sp³-hybridized carbons (Fsp3) is 0.333. The third-order valence-electron chi connectivity index (χ3n) is 6.00. The van der Waals surface area contributed by atoms with Gasteiger partial charge in [0.2, 0.25) is 10.0 Å². The van der Waals surface area contributed by atoms with Crippen LogP contribution in [-0.2, 0) is 21.5 Å². The van der Waals surface area contributed by atoms with Crippen molar-refractivity contribution < 1.29 is 17.9 Å². The number of hydrogen-bond donors (Lipinski definition) is 1. The molecule has 2 N–H and O–H groups in total. The maximum atomic E-state index is 13.3. The molecule has 0 amide bonds. The molecule has 2 aromatic carbocycles. The number of esters is 1. The van der Waals surface area contributed by atoms with Crippen LogP contribution in [0.3, 0.4) is 0 Å². The minimum atomic E-state index is -3.80. The van der Waals surface area contributed by atoms with Gasteiger partial charge in [0.15, 0.2) is 6.73 Å². The molecule has 0 bridgehead atoms. The van der Waals surface area contributed by atoms with E-state index in [0.29, 0.717) is 29.5 Å². The summed E-state index contributed by atoms with van der Waals surface area (Å²) in [5, 5.41) is 0.627. The molecule has 1 saturated heterocycles. The van der Waals surface area contributed by atoms with Crippen molar-refractivity contribution in [1.29, 1.82) is 0 Å². The lowest BCUT2D eigenvalue weighted by Gasteiger charge is -2.19. The Morgan fingerprint density at radius 3 is 2.58 bits per heavy atom. The van der Waals surface area contributed by atoms with Gasteiger partial charge in [0.1, 0.15) is 0 Å². The zero-order valence-corrected chi connectivity index (χ0v) is 19.7. The van der Waals surface area contributed by atoms with Crippen molar-refractivity contribution in [1.82, 2.24) is 8.87 Å². The molecule has 0 unspecified atom stereocenters. The quantitative estimate of drug-likeness (QED) is 0.575. The van der Waals surface area contributed by atoms with E-state index in [-0.39, 0.29) is 29.6 Å². The number of carbonyl (C=O) groups excluding carboxylic acids is 1. The number of nitrogens with two attached hydrogens (primary N) is 1. The van der Waals surface area contributed by atoms with Crippen LogP contribution in [0, 0.1) is 20.8 Å². The van der Waals surface area contributed by atoms with E-state index >= 15 is 0 Å². The van der Waals surface area contributed by atoms with Gasteiger partial charge >= 0.3 is 5.97 Å². The lowest BCUT2D eigenvalue weighted by atomic mass is 10.1. The van der Waals surface area contributed by atoms with Crippen LogP contribution in [0.5, 0.6) is 0 Å². The summed E-state index contributed by atoms with van der Waals surface area (Å²) in [5.74, 6) is -0.529. The van der Waals surface area contributed by atoms with Crippen molar-refractivity contribution in [3.63, 3.8) is 0 Å². The standard InChI is InChI=1S/C24H27N3O5S/c1-15-7-8-19(16(2)11-15)24(29)32-14-26-12-17(3)22-20(23(26)28)5-4-6-21(22)33(30,31)27-10-9-18(25)13-27/h4-8,11-12,18H,9-10,13-14,25H2,1-3H3/t18-/m1/s1. The largest absolute Gasteiger partial charge is 0.440 e. The minimum absolute atomic E-state index is 0.0862. The van der Waals surface area contributed by atoms with Crippen LogP contribution in [0.4, 0.5) is 0 Å². The number of sulfonamides is 1. The molecule has 1 aliphatic rings. The molecule has 9 heteroatoms. The van der Waals surface area contributed by atoms with Crippen LogP contribution >= 0.6 is 0 Å². The fourth-order valence-electron chi connectivity index (χ4n) is 4.30. The van der Waals surface area contributed by atoms with Crippen LogP contribution in [0.1, 0.15) is 33.5 Å². The first-order chi connectivity index (χ1) is 15.6. The van der Waals surface area contributed by atoms with E-state index in [9.17, 15) is 18.0 Å². The third-order valence-corrected chi connectivity index (χ3v) is 7.91. The first kappa shape index (κ1) is 23.2. The molecule has 174 valence electrons. The summed E-state index contributed by atoms with van der Waals surface area (Å²) >= 11 is 0. The third kappa shape index (κ3) is 4.31. The van der Waals surface area contributed by atoms with Crippen molar-refractivity contribution >= 4 is 26.8 Å². The summed E-state index contributed by atoms with van der Waals surface area (Å²) in [4.78, 5) is 25.8. The van der Waals surface area contributed by atoms with Gasteiger partial charge in [0, 0.05) is 36.1 Å². The number of pyridine rings is 1. The summed E-state index contributed by atoms with van der Waals surface area (Å²) in [6.07, 6.45) is 2.12. The van der Waals surface area contributed by atoms with Gasteiger partial charge in [0.25, 0.3) is 5.56 Å². The first-order valence-corrected chi connectivity index (χ1v) is 12.2. The number of benzene rings is 2. The maximum absolute atomic E-state index is 13.3. The van der Waals surface area contributed by atoms with E-state index in [1.54, 1.807) is 25.1 Å². The van der Waals surface area contributed by atoms with Crippen LogP contribution in [-0.4, -0.2) is 42.4 Å². The molecule has 0 saturated carbocycles. The number of fused-ring (bicyclic) bond motifs is 1. The number of ether oxygens (including phenoxy) is 1. The second-order valence-electron chi connectivity index (χ2n) is 8.56. The van der Waals surface area contributed by atoms with Crippen molar-refractivity contribution in [2.24, 2.45) is 5.73 Å². The lowest BCUT2D eigenvalue weighted by molar-refractivity contribution is 0.0365. The van der Waals surface area contributed by atoms with Crippen molar-refractivity contribution in [2.75, 3.05) is 13.1 Å². The van der Waals surface area contributed by atoms with Gasteiger partial charge in [-0.1, -0.05) is 23.8 Å². The van der Waals surface area contributed by atoms with Gasteiger partial charge in [-0.15, -0.1) is 0 Å². The monoisotopic (exact) mass is 469 g/mol. The Kier molecular flexibility index (Phi) is 6.13. The summed E-state index contributed by atoms with van der Waals surface area (Å²) in [5.41, 5.74) is 8.32. The minimum Gasteiger partial charge on any atom is -0.440 e. The Morgan fingerprint density at radius 2 is 1.91 bits per heavy atom. The number of nitrogens with zero attached hydrogens (tertiary/aromatic N) is 2. The summed E-state index contributed by atoms with van der Waals surface area (Å²) < 4.78 is 34.6. The van der Waals surface area contributed by atoms with E-state index in [1.807, 2.05) is 26.0 Å². The van der Waals surface area contributed by atoms with E-state index in [2.05, 4.69) is 0 Å². The van der Waals surface area contributed by atoms with E-state index in [1.165, 1.54) is 21.1 Å². The van der Waals surface area contributed by atoms with Gasteiger partial charge in [-0.3, -0.25) is 9.36 Å². The van der Waals surface area contributed by atoms with Crippen LogP contribution in [0.15, 0.2) is 52.3 Å². The topological polar surface area (TPSA) is 112 Å².